The van der Waals surface area contributed by atoms with Crippen molar-refractivity contribution in [1.29, 1.82) is 0 Å². The molecule has 6 heteroatoms. The number of para-hydroxylation sites is 1. The van der Waals surface area contributed by atoms with E-state index in [1.54, 1.807) is 18.2 Å². The van der Waals surface area contributed by atoms with Gasteiger partial charge in [0, 0.05) is 35.0 Å². The van der Waals surface area contributed by atoms with E-state index in [-0.39, 0.29) is 5.91 Å². The first-order valence-electron chi connectivity index (χ1n) is 12.6. The first kappa shape index (κ1) is 25.5. The smallest absolute Gasteiger partial charge is 0.300 e. The number of hydrogen-bond acceptors (Lipinski definition) is 4. The Morgan fingerprint density at radius 3 is 2.18 bits per heavy atom. The van der Waals surface area contributed by atoms with Gasteiger partial charge >= 0.3 is 5.91 Å². The third-order valence-corrected chi connectivity index (χ3v) is 6.15. The Hall–Kier alpha value is -5.12. The van der Waals surface area contributed by atoms with Crippen molar-refractivity contribution >= 4 is 40.1 Å². The topological polar surface area (TPSA) is 73.5 Å². The highest BCUT2D eigenvalue weighted by Gasteiger charge is 2.28. The van der Waals surface area contributed by atoms with Crippen LogP contribution in [-0.4, -0.2) is 30.8 Å². The van der Waals surface area contributed by atoms with E-state index in [4.69, 9.17) is 0 Å². The molecule has 0 saturated heterocycles. The van der Waals surface area contributed by atoms with Gasteiger partial charge in [-0.05, 0) is 61.6 Å². The zero-order chi connectivity index (χ0) is 27.2. The summed E-state index contributed by atoms with van der Waals surface area (Å²) in [5.41, 5.74) is 6.99. The molecular formula is C33H28N4O2. The molecule has 1 heterocycles. The Labute approximate surface area is 228 Å². The number of nitrogens with zero attached hydrogens (tertiary/aromatic N) is 1. The lowest BCUT2D eigenvalue weighted by Crippen LogP contribution is -2.11. The maximum atomic E-state index is 13.3. The van der Waals surface area contributed by atoms with Crippen molar-refractivity contribution in [1.82, 2.24) is 4.90 Å². The lowest BCUT2D eigenvalue weighted by molar-refractivity contribution is -0.111. The molecule has 3 N–H and O–H groups in total. The molecule has 1 aliphatic heterocycles. The number of rotatable bonds is 6. The Morgan fingerprint density at radius 1 is 0.821 bits per heavy atom. The molecule has 4 aromatic rings. The summed E-state index contributed by atoms with van der Waals surface area (Å²) in [7, 11) is 4.08. The van der Waals surface area contributed by atoms with Crippen LogP contribution in [0.2, 0.25) is 0 Å². The summed E-state index contributed by atoms with van der Waals surface area (Å²) in [5.74, 6) is 4.91. The quantitative estimate of drug-likeness (QED) is 0.230. The Bertz CT molecular complexity index is 1600. The monoisotopic (exact) mass is 512 g/mol. The average Bonchev–Trinajstić information content (AvgIpc) is 3.27. The molecule has 0 spiro atoms. The van der Waals surface area contributed by atoms with Crippen molar-refractivity contribution in [3.05, 3.63) is 125 Å². The molecule has 0 atom stereocenters. The molecule has 0 radical (unpaired) electrons. The van der Waals surface area contributed by atoms with Gasteiger partial charge in [0.2, 0.25) is 0 Å². The first-order chi connectivity index (χ1) is 19.0. The zero-order valence-electron chi connectivity index (χ0n) is 21.8. The van der Waals surface area contributed by atoms with Crippen molar-refractivity contribution in [3.63, 3.8) is 0 Å². The molecule has 39 heavy (non-hydrogen) atoms. The van der Waals surface area contributed by atoms with Crippen LogP contribution < -0.4 is 16.0 Å². The average molecular weight is 513 g/mol. The fourth-order valence-electron chi connectivity index (χ4n) is 4.40. The van der Waals surface area contributed by atoms with Gasteiger partial charge in [-0.3, -0.25) is 9.59 Å². The van der Waals surface area contributed by atoms with Gasteiger partial charge in [-0.2, -0.15) is 0 Å². The van der Waals surface area contributed by atoms with E-state index < -0.39 is 5.91 Å². The molecule has 5 rings (SSSR count). The predicted octanol–water partition coefficient (Wildman–Crippen LogP) is 5.67. The van der Waals surface area contributed by atoms with Crippen LogP contribution >= 0.6 is 0 Å². The molecule has 0 saturated carbocycles. The highest BCUT2D eigenvalue weighted by Crippen LogP contribution is 2.38. The molecule has 0 fully saturated rings. The molecule has 192 valence electrons. The van der Waals surface area contributed by atoms with Gasteiger partial charge in [0.15, 0.2) is 0 Å². The number of nitrogens with one attached hydrogen (secondary N) is 3. The fraction of sp³-hybridized carbons (Fsp3) is 0.0909. The van der Waals surface area contributed by atoms with Crippen LogP contribution in [0.5, 0.6) is 0 Å². The van der Waals surface area contributed by atoms with Crippen LogP contribution in [-0.2, 0) is 16.1 Å². The maximum absolute atomic E-state index is 13.3. The predicted molar refractivity (Wildman–Crippen MR) is 158 cm³/mol. The minimum Gasteiger partial charge on any atom is -0.354 e. The van der Waals surface area contributed by atoms with E-state index in [2.05, 4.69) is 44.8 Å². The Balaban J connectivity index is 1.45. The summed E-state index contributed by atoms with van der Waals surface area (Å²) in [6, 6.07) is 32.7. The lowest BCUT2D eigenvalue weighted by Gasteiger charge is -2.16. The van der Waals surface area contributed by atoms with Gasteiger partial charge in [0.25, 0.3) is 5.91 Å². The van der Waals surface area contributed by atoms with E-state index in [9.17, 15) is 9.59 Å². The number of anilines is 3. The van der Waals surface area contributed by atoms with Crippen LogP contribution in [0.1, 0.15) is 22.3 Å². The molecule has 2 amide bonds. The number of amides is 2. The van der Waals surface area contributed by atoms with Crippen molar-refractivity contribution in [2.24, 2.45) is 0 Å². The molecule has 0 aliphatic carbocycles. The van der Waals surface area contributed by atoms with Crippen molar-refractivity contribution in [3.8, 4) is 11.8 Å². The third-order valence-electron chi connectivity index (χ3n) is 6.15. The van der Waals surface area contributed by atoms with Crippen LogP contribution in [0.3, 0.4) is 0 Å². The van der Waals surface area contributed by atoms with Crippen LogP contribution in [0, 0.1) is 11.8 Å². The molecule has 1 aliphatic rings. The van der Waals surface area contributed by atoms with Crippen LogP contribution in [0.15, 0.2) is 103 Å². The summed E-state index contributed by atoms with van der Waals surface area (Å²) >= 11 is 0. The molecular weight excluding hydrogens is 484 g/mol. The number of benzene rings is 4. The molecule has 6 nitrogen and oxygen atoms in total. The van der Waals surface area contributed by atoms with E-state index in [1.165, 1.54) is 5.56 Å². The van der Waals surface area contributed by atoms with Gasteiger partial charge in [0.1, 0.15) is 0 Å². The summed E-state index contributed by atoms with van der Waals surface area (Å²) in [4.78, 5) is 27.6. The number of carbonyl (C=O) groups is 2. The van der Waals surface area contributed by atoms with Crippen molar-refractivity contribution in [2.45, 2.75) is 6.54 Å². The van der Waals surface area contributed by atoms with Crippen molar-refractivity contribution in [2.75, 3.05) is 30.0 Å². The van der Waals surface area contributed by atoms with Crippen molar-refractivity contribution < 1.29 is 9.59 Å². The zero-order valence-corrected chi connectivity index (χ0v) is 21.8. The highest BCUT2D eigenvalue weighted by molar-refractivity contribution is 6.37. The molecule has 0 bridgehead atoms. The number of fused-ring (bicyclic) bond motifs is 1. The number of carbonyl (C=O) groups excluding carboxylic acids is 2. The standard InChI is InChI=1S/C33H28N4O2/c1-37(2)22-24-13-17-27(18-14-24)35-32(25-9-5-3-6-10-25)31-28-19-15-23(21-29(28)36-33(31)39)16-20-30(38)34-26-11-7-4-8-12-26/h3-15,17-19,21,35H,22H2,1-2H3,(H,34,38)(H,36,39)/b32-31-. The summed E-state index contributed by atoms with van der Waals surface area (Å²) in [6.07, 6.45) is 0. The van der Waals surface area contributed by atoms with Crippen LogP contribution in [0.25, 0.3) is 11.3 Å². The minimum absolute atomic E-state index is 0.201. The van der Waals surface area contributed by atoms with Gasteiger partial charge < -0.3 is 20.9 Å². The normalized spacial score (nSPS) is 13.2. The van der Waals surface area contributed by atoms with Gasteiger partial charge in [-0.25, -0.2) is 0 Å². The summed E-state index contributed by atoms with van der Waals surface area (Å²) in [5, 5.41) is 9.21. The second kappa shape index (κ2) is 11.5. The minimum atomic E-state index is -0.404. The number of hydrogen-bond donors (Lipinski definition) is 3. The fourth-order valence-corrected chi connectivity index (χ4v) is 4.40. The van der Waals surface area contributed by atoms with E-state index in [1.807, 2.05) is 86.9 Å². The highest BCUT2D eigenvalue weighted by atomic mass is 16.2. The second-order valence-corrected chi connectivity index (χ2v) is 9.46. The van der Waals surface area contributed by atoms with Gasteiger partial charge in [-0.1, -0.05) is 72.7 Å². The SMILES string of the molecule is CN(C)Cc1ccc(N/C(=C2\C(=O)Nc3cc(C#CC(=O)Nc4ccccc4)ccc32)c2ccccc2)cc1. The molecule has 0 aromatic heterocycles. The van der Waals surface area contributed by atoms with E-state index in [0.29, 0.717) is 28.2 Å². The third kappa shape index (κ3) is 6.24. The summed E-state index contributed by atoms with van der Waals surface area (Å²) in [6.45, 7) is 0.849. The van der Waals surface area contributed by atoms with Crippen LogP contribution in [0.4, 0.5) is 17.1 Å². The Morgan fingerprint density at radius 2 is 1.49 bits per heavy atom. The molecule has 4 aromatic carbocycles. The van der Waals surface area contributed by atoms with E-state index in [0.717, 1.165) is 23.4 Å². The maximum Gasteiger partial charge on any atom is 0.300 e. The van der Waals surface area contributed by atoms with Gasteiger partial charge in [-0.15, -0.1) is 0 Å². The lowest BCUT2D eigenvalue weighted by atomic mass is 9.99. The summed E-state index contributed by atoms with van der Waals surface area (Å²) < 4.78 is 0. The largest absolute Gasteiger partial charge is 0.354 e. The van der Waals surface area contributed by atoms with Gasteiger partial charge in [0.05, 0.1) is 17.0 Å². The molecule has 0 unspecified atom stereocenters. The second-order valence-electron chi connectivity index (χ2n) is 9.46. The van der Waals surface area contributed by atoms with E-state index >= 15 is 0 Å². The first-order valence-corrected chi connectivity index (χ1v) is 12.6. The Kier molecular flexibility index (Phi) is 7.53.